The summed E-state index contributed by atoms with van der Waals surface area (Å²) >= 11 is 0. The Hall–Kier alpha value is -2.93. The third kappa shape index (κ3) is 6.38. The summed E-state index contributed by atoms with van der Waals surface area (Å²) in [4.78, 5) is 15.7. The van der Waals surface area contributed by atoms with Gasteiger partial charge in [-0.2, -0.15) is 10.5 Å². The molecule has 1 aromatic rings. The number of nitriles is 2. The molecule has 1 heterocycles. The second-order valence-electron chi connectivity index (χ2n) is 7.58. The van der Waals surface area contributed by atoms with Crippen LogP contribution in [0, 0.1) is 22.8 Å². The fraction of sp³-hybridized carbons (Fsp3) is 0.550. The van der Waals surface area contributed by atoms with E-state index in [1.54, 1.807) is 0 Å². The minimum atomic E-state index is -0.489. The molecule has 1 aromatic carbocycles. The van der Waals surface area contributed by atoms with Crippen molar-refractivity contribution in [3.8, 4) is 12.3 Å². The van der Waals surface area contributed by atoms with E-state index in [1.807, 2.05) is 45.0 Å². The maximum atomic E-state index is 11.9. The quantitative estimate of drug-likeness (QED) is 0.632. The Labute approximate surface area is 161 Å². The number of benzene rings is 1. The molecule has 7 heteroatoms. The van der Waals surface area contributed by atoms with Gasteiger partial charge in [-0.1, -0.05) is 0 Å². The summed E-state index contributed by atoms with van der Waals surface area (Å²) in [5.74, 6) is 0. The third-order valence-electron chi connectivity index (χ3n) is 4.31. The number of nitrogens with one attached hydrogen (secondary N) is 1. The average Bonchev–Trinajstić information content (AvgIpc) is 2.62. The molecule has 7 nitrogen and oxygen atoms in total. The van der Waals surface area contributed by atoms with Gasteiger partial charge in [-0.15, -0.1) is 0 Å². The summed E-state index contributed by atoms with van der Waals surface area (Å²) in [7, 11) is 0. The first-order valence-corrected chi connectivity index (χ1v) is 9.21. The van der Waals surface area contributed by atoms with Gasteiger partial charge >= 0.3 is 6.09 Å². The number of anilines is 2. The molecule has 1 amide bonds. The van der Waals surface area contributed by atoms with E-state index in [2.05, 4.69) is 22.5 Å². The predicted molar refractivity (Wildman–Crippen MR) is 104 cm³/mol. The van der Waals surface area contributed by atoms with Crippen LogP contribution in [0.1, 0.15) is 40.0 Å². The van der Waals surface area contributed by atoms with E-state index in [9.17, 15) is 10.1 Å². The van der Waals surface area contributed by atoms with Gasteiger partial charge in [0, 0.05) is 31.4 Å². The second-order valence-corrected chi connectivity index (χ2v) is 7.58. The van der Waals surface area contributed by atoms with Gasteiger partial charge in [0.15, 0.2) is 6.19 Å². The Bertz CT molecular complexity index is 704. The summed E-state index contributed by atoms with van der Waals surface area (Å²) in [5.41, 5.74) is 1.39. The van der Waals surface area contributed by atoms with Gasteiger partial charge in [-0.3, -0.25) is 4.90 Å². The number of ether oxygens (including phenoxy) is 1. The van der Waals surface area contributed by atoms with Crippen molar-refractivity contribution in [1.82, 2.24) is 5.32 Å². The Morgan fingerprint density at radius 2 is 1.89 bits per heavy atom. The van der Waals surface area contributed by atoms with Gasteiger partial charge in [-0.05, 0) is 57.9 Å². The highest BCUT2D eigenvalue weighted by Crippen LogP contribution is 2.24. The average molecular weight is 369 g/mol. The fourth-order valence-electron chi connectivity index (χ4n) is 3.00. The molecule has 1 fully saturated rings. The van der Waals surface area contributed by atoms with Crippen LogP contribution in [0.2, 0.25) is 0 Å². The summed E-state index contributed by atoms with van der Waals surface area (Å²) < 4.78 is 5.31. The smallest absolute Gasteiger partial charge is 0.407 e. The predicted octanol–water partition coefficient (Wildman–Crippen LogP) is 3.38. The molecule has 1 aliphatic rings. The van der Waals surface area contributed by atoms with E-state index in [0.29, 0.717) is 13.0 Å². The van der Waals surface area contributed by atoms with Crippen LogP contribution < -0.4 is 15.1 Å². The molecule has 1 N–H and O–H groups in total. The first kappa shape index (κ1) is 20.4. The number of rotatable bonds is 5. The highest BCUT2D eigenvalue weighted by Gasteiger charge is 2.23. The first-order valence-electron chi connectivity index (χ1n) is 9.21. The molecule has 0 saturated carbocycles. The standard InChI is InChI=1S/C20H27N5O2/c1-20(2,3)27-19(26)23-16-9-13-24(14-10-16)17-5-7-18(8-6-17)25(15-22)12-4-11-21/h5-8,16H,4,9-10,12-14H2,1-3H3,(H,23,26). The topological polar surface area (TPSA) is 92.4 Å². The molecule has 27 heavy (non-hydrogen) atoms. The van der Waals surface area contributed by atoms with E-state index in [0.717, 1.165) is 37.3 Å². The molecule has 0 atom stereocenters. The number of piperidine rings is 1. The van der Waals surface area contributed by atoms with Gasteiger partial charge in [0.2, 0.25) is 0 Å². The van der Waals surface area contributed by atoms with Crippen LogP contribution in [-0.2, 0) is 4.74 Å². The summed E-state index contributed by atoms with van der Waals surface area (Å²) in [5, 5.41) is 20.8. The van der Waals surface area contributed by atoms with Gasteiger partial charge < -0.3 is 15.0 Å². The highest BCUT2D eigenvalue weighted by atomic mass is 16.6. The highest BCUT2D eigenvalue weighted by molar-refractivity contribution is 5.68. The van der Waals surface area contributed by atoms with Crippen LogP contribution in [-0.4, -0.2) is 37.4 Å². The van der Waals surface area contributed by atoms with E-state index < -0.39 is 5.60 Å². The van der Waals surface area contributed by atoms with Crippen LogP contribution in [0.5, 0.6) is 0 Å². The van der Waals surface area contributed by atoms with Crippen molar-refractivity contribution in [3.63, 3.8) is 0 Å². The number of hydrogen-bond donors (Lipinski definition) is 1. The largest absolute Gasteiger partial charge is 0.444 e. The summed E-state index contributed by atoms with van der Waals surface area (Å²) in [6.45, 7) is 7.65. The van der Waals surface area contributed by atoms with Crippen molar-refractivity contribution >= 4 is 17.5 Å². The fourth-order valence-corrected chi connectivity index (χ4v) is 3.00. The number of alkyl carbamates (subject to hydrolysis) is 1. The monoisotopic (exact) mass is 369 g/mol. The van der Waals surface area contributed by atoms with E-state index in [4.69, 9.17) is 10.00 Å². The lowest BCUT2D eigenvalue weighted by molar-refractivity contribution is 0.0497. The molecular formula is C20H27N5O2. The third-order valence-corrected chi connectivity index (χ3v) is 4.31. The number of carbonyl (C=O) groups is 1. The van der Waals surface area contributed by atoms with E-state index in [1.165, 1.54) is 4.90 Å². The van der Waals surface area contributed by atoms with Crippen molar-refractivity contribution in [2.45, 2.75) is 51.7 Å². The van der Waals surface area contributed by atoms with Gasteiger partial charge in [0.1, 0.15) is 5.60 Å². The molecular weight excluding hydrogens is 342 g/mol. The Kier molecular flexibility index (Phi) is 6.90. The zero-order valence-corrected chi connectivity index (χ0v) is 16.2. The number of carbonyl (C=O) groups excluding carboxylic acids is 1. The first-order chi connectivity index (χ1) is 12.8. The molecule has 0 spiro atoms. The van der Waals surface area contributed by atoms with Crippen molar-refractivity contribution in [2.24, 2.45) is 0 Å². The number of amides is 1. The summed E-state index contributed by atoms with van der Waals surface area (Å²) in [6, 6.07) is 9.97. The molecule has 1 saturated heterocycles. The van der Waals surface area contributed by atoms with E-state index in [-0.39, 0.29) is 12.1 Å². The Balaban J connectivity index is 1.86. The minimum absolute atomic E-state index is 0.121. The molecule has 0 aliphatic carbocycles. The van der Waals surface area contributed by atoms with Gasteiger partial charge in [0.05, 0.1) is 18.2 Å². The Morgan fingerprint density at radius 3 is 2.41 bits per heavy atom. The molecule has 2 rings (SSSR count). The Morgan fingerprint density at radius 1 is 1.26 bits per heavy atom. The van der Waals surface area contributed by atoms with Gasteiger partial charge in [0.25, 0.3) is 0 Å². The zero-order chi connectivity index (χ0) is 19.9. The van der Waals surface area contributed by atoms with Crippen molar-refractivity contribution in [3.05, 3.63) is 24.3 Å². The molecule has 0 aromatic heterocycles. The normalized spacial score (nSPS) is 14.8. The van der Waals surface area contributed by atoms with Gasteiger partial charge in [-0.25, -0.2) is 4.79 Å². The lowest BCUT2D eigenvalue weighted by Gasteiger charge is -2.34. The maximum Gasteiger partial charge on any atom is 0.407 e. The molecule has 0 unspecified atom stereocenters. The van der Waals surface area contributed by atoms with Crippen molar-refractivity contribution in [2.75, 3.05) is 29.4 Å². The second kappa shape index (κ2) is 9.14. The lowest BCUT2D eigenvalue weighted by Crippen LogP contribution is -2.46. The summed E-state index contributed by atoms with van der Waals surface area (Å²) in [6.07, 6.45) is 3.77. The van der Waals surface area contributed by atoms with Crippen LogP contribution in [0.15, 0.2) is 24.3 Å². The zero-order valence-electron chi connectivity index (χ0n) is 16.2. The van der Waals surface area contributed by atoms with Crippen LogP contribution in [0.4, 0.5) is 16.2 Å². The van der Waals surface area contributed by atoms with Crippen LogP contribution in [0.25, 0.3) is 0 Å². The van der Waals surface area contributed by atoms with Crippen molar-refractivity contribution < 1.29 is 9.53 Å². The molecule has 0 radical (unpaired) electrons. The maximum absolute atomic E-state index is 11.9. The van der Waals surface area contributed by atoms with E-state index >= 15 is 0 Å². The SMILES string of the molecule is CC(C)(C)OC(=O)NC1CCN(c2ccc(N(C#N)CCC#N)cc2)CC1. The minimum Gasteiger partial charge on any atom is -0.444 e. The molecule has 1 aliphatic heterocycles. The number of nitrogens with zero attached hydrogens (tertiary/aromatic N) is 4. The van der Waals surface area contributed by atoms with Crippen LogP contribution in [0.3, 0.4) is 0 Å². The number of hydrogen-bond acceptors (Lipinski definition) is 6. The van der Waals surface area contributed by atoms with Crippen LogP contribution >= 0.6 is 0 Å². The molecule has 0 bridgehead atoms. The molecule has 144 valence electrons. The lowest BCUT2D eigenvalue weighted by atomic mass is 10.0. The van der Waals surface area contributed by atoms with Crippen molar-refractivity contribution in [1.29, 1.82) is 10.5 Å².